The van der Waals surface area contributed by atoms with Gasteiger partial charge in [-0.3, -0.25) is 9.59 Å². The molecule has 10 rings (SSSR count). The molecule has 29 atom stereocenters. The van der Waals surface area contributed by atoms with E-state index in [2.05, 4.69) is 46.0 Å². The number of benzene rings is 1. The van der Waals surface area contributed by atoms with Gasteiger partial charge in [0.25, 0.3) is 5.91 Å². The van der Waals surface area contributed by atoms with Gasteiger partial charge in [-0.15, -0.1) is 0 Å². The van der Waals surface area contributed by atoms with Crippen LogP contribution >= 0.6 is 0 Å². The summed E-state index contributed by atoms with van der Waals surface area (Å²) in [5.74, 6) is -2.30. The van der Waals surface area contributed by atoms with Crippen LogP contribution in [-0.2, 0) is 58.7 Å². The number of ether oxygens (including phenoxy) is 8. The molecular formula is C62H93NO22. The Morgan fingerprint density at radius 3 is 1.99 bits per heavy atom. The maximum Gasteiger partial charge on any atom is 0.317 e. The van der Waals surface area contributed by atoms with Gasteiger partial charge in [-0.25, -0.2) is 0 Å². The Hall–Kier alpha value is -3.15. The second kappa shape index (κ2) is 23.9. The molecule has 0 spiro atoms. The SMILES string of the molecule is Cc1ccc(CCNC(=O)C2O[C@@H](O[C@H]3CCC4(C)C5CC=C6C7CC(C)(C)CC[C@]7(C(=O)O[C@@H]7OC(C)[C@H](O)[C@H](O)C7O[C@@H]7OC(C)[C@H](O[C@@H]8OC[C@@H](O)[C@H](O)C8O)[C@H](O)C7O)C(O)C[C@@]6(C)[C@@]5(C)CC[C@H]4[C@@]3(C)C=O)C(O)[C@@H](O)[C@@H]2O)cc1. The Kier molecular flexibility index (Phi) is 18.2. The zero-order valence-corrected chi connectivity index (χ0v) is 50.2. The summed E-state index contributed by atoms with van der Waals surface area (Å²) in [5, 5.41) is 125. The highest BCUT2D eigenvalue weighted by atomic mass is 16.8. The van der Waals surface area contributed by atoms with E-state index in [-0.39, 0.29) is 43.2 Å². The summed E-state index contributed by atoms with van der Waals surface area (Å²) in [6.45, 7) is 17.6. The van der Waals surface area contributed by atoms with Crippen LogP contribution in [0, 0.1) is 57.2 Å². The van der Waals surface area contributed by atoms with Gasteiger partial charge in [-0.05, 0) is 130 Å². The molecule has 8 fully saturated rings. The van der Waals surface area contributed by atoms with E-state index >= 15 is 4.79 Å². The van der Waals surface area contributed by atoms with E-state index in [1.165, 1.54) is 13.8 Å². The highest BCUT2D eigenvalue weighted by molar-refractivity contribution is 5.82. The third kappa shape index (κ3) is 11.0. The van der Waals surface area contributed by atoms with Crippen molar-refractivity contribution in [3.05, 3.63) is 47.0 Å². The number of esters is 1. The number of hydrogen-bond acceptors (Lipinski definition) is 22. The van der Waals surface area contributed by atoms with Gasteiger partial charge >= 0.3 is 5.97 Å². The number of rotatable bonds is 13. The highest BCUT2D eigenvalue weighted by Gasteiger charge is 2.73. The van der Waals surface area contributed by atoms with E-state index in [0.29, 0.717) is 51.4 Å². The predicted octanol–water partition coefficient (Wildman–Crippen LogP) is 0.484. The second-order valence-corrected chi connectivity index (χ2v) is 28.3. The molecule has 1 amide bonds. The number of aldehydes is 1. The topological polar surface area (TPSA) is 360 Å². The first-order valence-corrected chi connectivity index (χ1v) is 30.6. The number of fused-ring (bicyclic) bond motifs is 7. The number of carbonyl (C=O) groups is 3. The average Bonchev–Trinajstić information content (AvgIpc) is 1.09. The summed E-state index contributed by atoms with van der Waals surface area (Å²) in [6, 6.07) is 7.85. The van der Waals surface area contributed by atoms with Crippen molar-refractivity contribution >= 4 is 18.2 Å². The summed E-state index contributed by atoms with van der Waals surface area (Å²) in [4.78, 5) is 42.8. The molecule has 12 N–H and O–H groups in total. The number of allylic oxidation sites excluding steroid dienone is 2. The van der Waals surface area contributed by atoms with E-state index in [9.17, 15) is 65.8 Å². The monoisotopic (exact) mass is 1200 g/mol. The van der Waals surface area contributed by atoms with E-state index in [0.717, 1.165) is 23.0 Å². The minimum Gasteiger partial charge on any atom is -0.432 e. The molecular weight excluding hydrogens is 1110 g/mol. The summed E-state index contributed by atoms with van der Waals surface area (Å²) in [7, 11) is 0. The molecule has 0 aromatic heterocycles. The molecule has 0 radical (unpaired) electrons. The van der Waals surface area contributed by atoms with E-state index in [1.54, 1.807) is 0 Å². The number of aryl methyl sites for hydroxylation is 1. The lowest BCUT2D eigenvalue weighted by Gasteiger charge is -2.71. The summed E-state index contributed by atoms with van der Waals surface area (Å²) in [6.07, 6.45) is -24.6. The summed E-state index contributed by atoms with van der Waals surface area (Å²) < 4.78 is 48.2. The van der Waals surface area contributed by atoms with Crippen LogP contribution in [0.2, 0.25) is 0 Å². The Labute approximate surface area is 496 Å². The molecule has 478 valence electrons. The largest absolute Gasteiger partial charge is 0.432 e. The zero-order chi connectivity index (χ0) is 61.8. The van der Waals surface area contributed by atoms with Crippen molar-refractivity contribution in [2.75, 3.05) is 13.2 Å². The third-order valence-electron chi connectivity index (χ3n) is 22.8. The van der Waals surface area contributed by atoms with Crippen LogP contribution in [-0.4, -0.2) is 216 Å². The maximum absolute atomic E-state index is 15.5. The van der Waals surface area contributed by atoms with Crippen LogP contribution < -0.4 is 5.32 Å². The Morgan fingerprint density at radius 1 is 0.659 bits per heavy atom. The molecule has 4 heterocycles. The molecule has 4 aliphatic heterocycles. The normalized spacial score (nSPS) is 50.5. The molecule has 1 aromatic rings. The van der Waals surface area contributed by atoms with Gasteiger partial charge < -0.3 is 104 Å². The molecule has 5 aliphatic carbocycles. The lowest BCUT2D eigenvalue weighted by Crippen LogP contribution is -2.69. The van der Waals surface area contributed by atoms with Crippen LogP contribution in [0.4, 0.5) is 0 Å². The van der Waals surface area contributed by atoms with Crippen LogP contribution in [0.25, 0.3) is 0 Å². The number of aliphatic hydroxyl groups excluding tert-OH is 11. The van der Waals surface area contributed by atoms with Crippen LogP contribution in [0.1, 0.15) is 124 Å². The second-order valence-electron chi connectivity index (χ2n) is 28.3. The predicted molar refractivity (Wildman–Crippen MR) is 297 cm³/mol. The Balaban J connectivity index is 0.863. The molecule has 23 heteroatoms. The Bertz CT molecular complexity index is 2610. The number of carbonyl (C=O) groups excluding carboxylic acids is 3. The Morgan fingerprint density at radius 2 is 1.29 bits per heavy atom. The van der Waals surface area contributed by atoms with Crippen molar-refractivity contribution in [2.24, 2.45) is 50.2 Å². The van der Waals surface area contributed by atoms with Gasteiger partial charge in [0, 0.05) is 6.54 Å². The number of hydrogen-bond donors (Lipinski definition) is 12. The molecule has 1 aromatic carbocycles. The van der Waals surface area contributed by atoms with E-state index in [1.807, 2.05) is 38.1 Å². The van der Waals surface area contributed by atoms with Crippen molar-refractivity contribution in [3.63, 3.8) is 0 Å². The summed E-state index contributed by atoms with van der Waals surface area (Å²) >= 11 is 0. The molecule has 4 saturated carbocycles. The van der Waals surface area contributed by atoms with Gasteiger partial charge in [0.05, 0.1) is 36.4 Å². The zero-order valence-electron chi connectivity index (χ0n) is 50.2. The van der Waals surface area contributed by atoms with Gasteiger partial charge in [-0.1, -0.05) is 83.0 Å². The lowest BCUT2D eigenvalue weighted by atomic mass is 9.33. The third-order valence-corrected chi connectivity index (χ3v) is 22.8. The van der Waals surface area contributed by atoms with E-state index < -0.39 is 174 Å². The lowest BCUT2D eigenvalue weighted by molar-refractivity contribution is -0.373. The fourth-order valence-electron chi connectivity index (χ4n) is 17.3. The first-order valence-electron chi connectivity index (χ1n) is 30.6. The molecule has 11 unspecified atom stereocenters. The van der Waals surface area contributed by atoms with Crippen molar-refractivity contribution in [1.82, 2.24) is 5.32 Å². The average molecular weight is 1200 g/mol. The van der Waals surface area contributed by atoms with Gasteiger partial charge in [-0.2, -0.15) is 0 Å². The quantitative estimate of drug-likeness (QED) is 0.0553. The minimum absolute atomic E-state index is 0.0325. The van der Waals surface area contributed by atoms with Crippen LogP contribution in [0.3, 0.4) is 0 Å². The number of amides is 1. The first kappa shape index (κ1) is 64.8. The number of aliphatic hydroxyl groups is 11. The van der Waals surface area contributed by atoms with Crippen molar-refractivity contribution in [1.29, 1.82) is 0 Å². The van der Waals surface area contributed by atoms with E-state index in [4.69, 9.17) is 37.9 Å². The molecule has 23 nitrogen and oxygen atoms in total. The maximum atomic E-state index is 15.5. The van der Waals surface area contributed by atoms with Crippen molar-refractivity contribution < 1.29 is 108 Å². The standard InChI is InChI=1S/C62H93NO22/c1-28-10-12-31(13-11-28)18-23-63-51(76)49-43(71)41(69)46(74)54(83-49)81-38-17-19-58(6)35(59(38,7)27-64)16-20-60(8)36(58)15-14-32-33-24-57(4,5)21-22-62(33,37(66)25-61(32,60)9)56(77)85-55-50(42(70)39(67)29(2)79-55)84-53-47(75)44(72)48(30(3)80-53)82-52-45(73)40(68)34(65)26-78-52/h10-14,27,29-30,33-50,52-55,65-75H,15-26H2,1-9H3,(H,63,76)/t29?,30?,33?,34-,35-,36?,37?,38+,39+,40+,41+,42+,43+,44-,45?,46?,47?,48+,49?,50?,52+,53+,54-,55+,58?,59-,60+,61-,62-/m1/s1. The number of nitrogens with one attached hydrogen (secondary N) is 1. The van der Waals surface area contributed by atoms with Crippen molar-refractivity contribution in [3.8, 4) is 0 Å². The highest BCUT2D eigenvalue weighted by Crippen LogP contribution is 2.76. The fraction of sp³-hybridized carbons (Fsp3) is 0.823. The minimum atomic E-state index is -1.90. The van der Waals surface area contributed by atoms with Crippen LogP contribution in [0.15, 0.2) is 35.9 Å². The molecule has 4 saturated heterocycles. The molecule has 85 heavy (non-hydrogen) atoms. The van der Waals surface area contributed by atoms with Gasteiger partial charge in [0.2, 0.25) is 6.29 Å². The van der Waals surface area contributed by atoms with Gasteiger partial charge in [0.1, 0.15) is 78.8 Å². The molecule has 9 aliphatic rings. The summed E-state index contributed by atoms with van der Waals surface area (Å²) in [5.41, 5.74) is -1.46. The van der Waals surface area contributed by atoms with Crippen molar-refractivity contribution in [2.45, 2.75) is 255 Å². The fourth-order valence-corrected chi connectivity index (χ4v) is 17.3. The smallest absolute Gasteiger partial charge is 0.317 e. The van der Waals surface area contributed by atoms with Crippen LogP contribution in [0.5, 0.6) is 0 Å². The first-order chi connectivity index (χ1) is 39.9. The molecule has 0 bridgehead atoms. The van der Waals surface area contributed by atoms with Gasteiger partial charge in [0.15, 0.2) is 31.1 Å².